The van der Waals surface area contributed by atoms with Gasteiger partial charge < -0.3 is 16.2 Å². The van der Waals surface area contributed by atoms with Gasteiger partial charge in [-0.05, 0) is 19.2 Å². The smallest absolute Gasteiger partial charge is 0.0934 e. The predicted molar refractivity (Wildman–Crippen MR) is 57.4 cm³/mol. The molecule has 0 aliphatic heterocycles. The quantitative estimate of drug-likeness (QED) is 0.703. The molecule has 3 nitrogen and oxygen atoms in total. The van der Waals surface area contributed by atoms with E-state index in [4.69, 9.17) is 5.73 Å². The maximum Gasteiger partial charge on any atom is 0.0934 e. The number of aliphatic hydroxyl groups excluding tert-OH is 1. The van der Waals surface area contributed by atoms with Gasteiger partial charge in [-0.3, -0.25) is 0 Å². The lowest BCUT2D eigenvalue weighted by molar-refractivity contribution is 0.178. The van der Waals surface area contributed by atoms with Gasteiger partial charge in [-0.1, -0.05) is 22.0 Å². The maximum atomic E-state index is 9.63. The van der Waals surface area contributed by atoms with Gasteiger partial charge in [0.2, 0.25) is 0 Å². The van der Waals surface area contributed by atoms with Crippen molar-refractivity contribution in [3.63, 3.8) is 0 Å². The van der Waals surface area contributed by atoms with Gasteiger partial charge in [-0.15, -0.1) is 0 Å². The summed E-state index contributed by atoms with van der Waals surface area (Å²) in [5.74, 6) is 0. The molecule has 1 rings (SSSR count). The summed E-state index contributed by atoms with van der Waals surface area (Å²) < 4.78 is 0.922. The van der Waals surface area contributed by atoms with Crippen molar-refractivity contribution in [3.05, 3.63) is 28.2 Å². The van der Waals surface area contributed by atoms with E-state index in [1.165, 1.54) is 0 Å². The van der Waals surface area contributed by atoms with Crippen LogP contribution in [0.2, 0.25) is 0 Å². The third-order valence-electron chi connectivity index (χ3n) is 1.81. The highest BCUT2D eigenvalue weighted by molar-refractivity contribution is 9.10. The predicted octanol–water partition coefficient (Wildman–Crippen LogP) is 1.28. The summed E-state index contributed by atoms with van der Waals surface area (Å²) in [6.07, 6.45) is -0.543. The molecule has 0 fully saturated rings. The van der Waals surface area contributed by atoms with Gasteiger partial charge in [0.15, 0.2) is 0 Å². The molecule has 0 radical (unpaired) electrons. The highest BCUT2D eigenvalue weighted by Crippen LogP contribution is 2.23. The summed E-state index contributed by atoms with van der Waals surface area (Å²) in [5.41, 5.74) is 7.10. The first-order valence-corrected chi connectivity index (χ1v) is 4.82. The molecule has 0 saturated carbocycles. The van der Waals surface area contributed by atoms with Crippen molar-refractivity contribution in [1.29, 1.82) is 0 Å². The fourth-order valence-electron chi connectivity index (χ4n) is 1.15. The third-order valence-corrected chi connectivity index (χ3v) is 2.30. The summed E-state index contributed by atoms with van der Waals surface area (Å²) in [5, 5.41) is 12.5. The summed E-state index contributed by atoms with van der Waals surface area (Å²) in [6, 6.07) is 5.47. The van der Waals surface area contributed by atoms with Crippen molar-refractivity contribution in [3.8, 4) is 0 Å². The first-order valence-electron chi connectivity index (χ1n) is 4.02. The summed E-state index contributed by atoms with van der Waals surface area (Å²) in [7, 11) is 1.79. The molecule has 0 spiro atoms. The highest BCUT2D eigenvalue weighted by atomic mass is 79.9. The number of aliphatic hydroxyl groups is 1. The Kier molecular flexibility index (Phi) is 3.71. The molecule has 0 aromatic heterocycles. The minimum absolute atomic E-state index is 0.506. The number of benzene rings is 1. The zero-order valence-corrected chi connectivity index (χ0v) is 9.01. The monoisotopic (exact) mass is 244 g/mol. The largest absolute Gasteiger partial charge is 0.398 e. The Balaban J connectivity index is 2.88. The summed E-state index contributed by atoms with van der Waals surface area (Å²) in [4.78, 5) is 0. The molecule has 0 saturated heterocycles. The average Bonchev–Trinajstić information content (AvgIpc) is 2.04. The summed E-state index contributed by atoms with van der Waals surface area (Å²) in [6.45, 7) is 0.506. The molecule has 1 aromatic carbocycles. The fourth-order valence-corrected chi connectivity index (χ4v) is 1.53. The number of nitrogens with one attached hydrogen (secondary N) is 1. The molecule has 0 aliphatic carbocycles. The fraction of sp³-hybridized carbons (Fsp3) is 0.333. The van der Waals surface area contributed by atoms with Crippen LogP contribution in [0.4, 0.5) is 5.69 Å². The van der Waals surface area contributed by atoms with Crippen LogP contribution in [-0.4, -0.2) is 18.7 Å². The van der Waals surface area contributed by atoms with E-state index in [1.807, 2.05) is 12.1 Å². The third kappa shape index (κ3) is 2.69. The van der Waals surface area contributed by atoms with E-state index < -0.39 is 6.10 Å². The van der Waals surface area contributed by atoms with E-state index in [2.05, 4.69) is 21.2 Å². The molecule has 4 heteroatoms. The minimum Gasteiger partial charge on any atom is -0.398 e. The SMILES string of the molecule is CNCC(O)c1ccc(Br)cc1N. The Hall–Kier alpha value is -0.580. The van der Waals surface area contributed by atoms with Gasteiger partial charge in [0.1, 0.15) is 0 Å². The number of hydrogen-bond acceptors (Lipinski definition) is 3. The molecule has 0 heterocycles. The zero-order chi connectivity index (χ0) is 9.84. The van der Waals surface area contributed by atoms with Gasteiger partial charge in [0.25, 0.3) is 0 Å². The first kappa shape index (κ1) is 10.5. The Morgan fingerprint density at radius 2 is 2.31 bits per heavy atom. The maximum absolute atomic E-state index is 9.63. The molecule has 13 heavy (non-hydrogen) atoms. The molecule has 72 valence electrons. The molecule has 4 N–H and O–H groups in total. The number of rotatable bonds is 3. The minimum atomic E-state index is -0.543. The van der Waals surface area contributed by atoms with E-state index in [0.29, 0.717) is 12.2 Å². The highest BCUT2D eigenvalue weighted by Gasteiger charge is 2.09. The van der Waals surface area contributed by atoms with E-state index in [9.17, 15) is 5.11 Å². The van der Waals surface area contributed by atoms with Gasteiger partial charge in [-0.25, -0.2) is 0 Å². The lowest BCUT2D eigenvalue weighted by Crippen LogP contribution is -2.17. The summed E-state index contributed by atoms with van der Waals surface area (Å²) >= 11 is 3.31. The number of anilines is 1. The molecule has 1 aromatic rings. The van der Waals surface area contributed by atoms with Crippen LogP contribution in [0.1, 0.15) is 11.7 Å². The van der Waals surface area contributed by atoms with Gasteiger partial charge >= 0.3 is 0 Å². The van der Waals surface area contributed by atoms with Crippen molar-refractivity contribution in [2.75, 3.05) is 19.3 Å². The van der Waals surface area contributed by atoms with Crippen LogP contribution in [0.3, 0.4) is 0 Å². The van der Waals surface area contributed by atoms with Crippen LogP contribution in [0.25, 0.3) is 0 Å². The van der Waals surface area contributed by atoms with Crippen LogP contribution in [0, 0.1) is 0 Å². The number of likely N-dealkylation sites (N-methyl/N-ethyl adjacent to an activating group) is 1. The molecule has 0 bridgehead atoms. The molecule has 1 unspecified atom stereocenters. The standard InChI is InChI=1S/C9H13BrN2O/c1-12-5-9(13)7-3-2-6(10)4-8(7)11/h2-4,9,12-13H,5,11H2,1H3. The van der Waals surface area contributed by atoms with Crippen LogP contribution in [0.15, 0.2) is 22.7 Å². The van der Waals surface area contributed by atoms with Gasteiger partial charge in [-0.2, -0.15) is 0 Å². The Morgan fingerprint density at radius 1 is 1.62 bits per heavy atom. The van der Waals surface area contributed by atoms with Crippen LogP contribution >= 0.6 is 15.9 Å². The van der Waals surface area contributed by atoms with Crippen LogP contribution in [0.5, 0.6) is 0 Å². The van der Waals surface area contributed by atoms with Crippen molar-refractivity contribution < 1.29 is 5.11 Å². The normalized spacial score (nSPS) is 12.8. The van der Waals surface area contributed by atoms with E-state index >= 15 is 0 Å². The molecule has 0 amide bonds. The number of halogens is 1. The number of hydrogen-bond donors (Lipinski definition) is 3. The molecular weight excluding hydrogens is 232 g/mol. The van der Waals surface area contributed by atoms with E-state index in [1.54, 1.807) is 13.1 Å². The second kappa shape index (κ2) is 4.60. The first-order chi connectivity index (χ1) is 6.15. The Morgan fingerprint density at radius 3 is 2.85 bits per heavy atom. The van der Waals surface area contributed by atoms with Crippen LogP contribution < -0.4 is 11.1 Å². The van der Waals surface area contributed by atoms with Crippen molar-refractivity contribution >= 4 is 21.6 Å². The zero-order valence-electron chi connectivity index (χ0n) is 7.42. The molecule has 1 atom stereocenters. The lowest BCUT2D eigenvalue weighted by Gasteiger charge is -2.12. The number of nitrogen functional groups attached to an aromatic ring is 1. The van der Waals surface area contributed by atoms with E-state index in [-0.39, 0.29) is 0 Å². The van der Waals surface area contributed by atoms with Crippen molar-refractivity contribution in [2.24, 2.45) is 0 Å². The molecular formula is C9H13BrN2O. The van der Waals surface area contributed by atoms with Crippen LogP contribution in [-0.2, 0) is 0 Å². The van der Waals surface area contributed by atoms with Gasteiger partial charge in [0.05, 0.1) is 6.10 Å². The van der Waals surface area contributed by atoms with Crippen molar-refractivity contribution in [1.82, 2.24) is 5.32 Å². The second-order valence-electron chi connectivity index (χ2n) is 2.85. The molecule has 0 aliphatic rings. The van der Waals surface area contributed by atoms with Gasteiger partial charge in [0, 0.05) is 22.3 Å². The Bertz CT molecular complexity index is 291. The average molecular weight is 245 g/mol. The van der Waals surface area contributed by atoms with E-state index in [0.717, 1.165) is 10.0 Å². The topological polar surface area (TPSA) is 58.3 Å². The Labute approximate surface area is 86.1 Å². The van der Waals surface area contributed by atoms with Crippen molar-refractivity contribution in [2.45, 2.75) is 6.10 Å². The lowest BCUT2D eigenvalue weighted by atomic mass is 10.1. The number of nitrogens with two attached hydrogens (primary N) is 1. The second-order valence-corrected chi connectivity index (χ2v) is 3.76.